The van der Waals surface area contributed by atoms with Crippen LogP contribution in [0.5, 0.6) is 11.5 Å². The molecule has 0 saturated heterocycles. The van der Waals surface area contributed by atoms with Crippen LogP contribution < -0.4 is 4.74 Å². The van der Waals surface area contributed by atoms with Gasteiger partial charge in [-0.05, 0) is 54.7 Å². The molecule has 0 spiro atoms. The molecule has 20 heavy (non-hydrogen) atoms. The monoisotopic (exact) mass is 270 g/mol. The van der Waals surface area contributed by atoms with Crippen LogP contribution in [0.3, 0.4) is 0 Å². The van der Waals surface area contributed by atoms with Crippen molar-refractivity contribution in [2.24, 2.45) is 0 Å². The maximum atomic E-state index is 9.51. The summed E-state index contributed by atoms with van der Waals surface area (Å²) in [5, 5.41) is 9.51. The molecule has 2 aromatic rings. The van der Waals surface area contributed by atoms with Crippen molar-refractivity contribution in [2.45, 2.75) is 39.7 Å². The fourth-order valence-corrected chi connectivity index (χ4v) is 2.03. The van der Waals surface area contributed by atoms with Crippen molar-refractivity contribution in [3.8, 4) is 11.5 Å². The van der Waals surface area contributed by atoms with E-state index in [1.165, 1.54) is 5.56 Å². The molecule has 106 valence electrons. The molecule has 0 unspecified atom stereocenters. The van der Waals surface area contributed by atoms with Gasteiger partial charge in [-0.15, -0.1) is 0 Å². The summed E-state index contributed by atoms with van der Waals surface area (Å²) >= 11 is 0. The lowest BCUT2D eigenvalue weighted by Crippen LogP contribution is -1.94. The molecule has 0 saturated carbocycles. The first-order valence-electron chi connectivity index (χ1n) is 7.04. The molecule has 0 amide bonds. The van der Waals surface area contributed by atoms with E-state index in [1.54, 1.807) is 6.92 Å². The quantitative estimate of drug-likeness (QED) is 0.850. The summed E-state index contributed by atoms with van der Waals surface area (Å²) in [6, 6.07) is 13.9. The SMILES string of the molecule is Cc1ccc(C(C)C)cc1Oc1ccc([C@@H](C)O)cc1. The van der Waals surface area contributed by atoms with Gasteiger partial charge in [-0.2, -0.15) is 0 Å². The van der Waals surface area contributed by atoms with Crippen LogP contribution in [0.2, 0.25) is 0 Å². The van der Waals surface area contributed by atoms with Gasteiger partial charge < -0.3 is 9.84 Å². The Hall–Kier alpha value is -1.80. The van der Waals surface area contributed by atoms with E-state index >= 15 is 0 Å². The Labute approximate surface area is 121 Å². The normalized spacial score (nSPS) is 12.5. The lowest BCUT2D eigenvalue weighted by atomic mass is 10.0. The van der Waals surface area contributed by atoms with E-state index in [0.29, 0.717) is 5.92 Å². The highest BCUT2D eigenvalue weighted by atomic mass is 16.5. The smallest absolute Gasteiger partial charge is 0.130 e. The van der Waals surface area contributed by atoms with Crippen LogP contribution in [0.25, 0.3) is 0 Å². The first kappa shape index (κ1) is 14.6. The Morgan fingerprint density at radius 3 is 2.05 bits per heavy atom. The number of ether oxygens (including phenoxy) is 1. The van der Waals surface area contributed by atoms with E-state index in [0.717, 1.165) is 22.6 Å². The molecular formula is C18H22O2. The van der Waals surface area contributed by atoms with Gasteiger partial charge in [0.2, 0.25) is 0 Å². The van der Waals surface area contributed by atoms with E-state index < -0.39 is 6.10 Å². The molecule has 1 N–H and O–H groups in total. The van der Waals surface area contributed by atoms with E-state index in [9.17, 15) is 5.11 Å². The van der Waals surface area contributed by atoms with Crippen molar-refractivity contribution >= 4 is 0 Å². The number of rotatable bonds is 4. The molecule has 0 aliphatic heterocycles. The zero-order valence-corrected chi connectivity index (χ0v) is 12.6. The fraction of sp³-hybridized carbons (Fsp3) is 0.333. The fourth-order valence-electron chi connectivity index (χ4n) is 2.03. The van der Waals surface area contributed by atoms with Gasteiger partial charge in [-0.1, -0.05) is 38.1 Å². The molecule has 1 atom stereocenters. The Morgan fingerprint density at radius 1 is 0.900 bits per heavy atom. The molecular weight excluding hydrogens is 248 g/mol. The molecule has 0 fully saturated rings. The van der Waals surface area contributed by atoms with Crippen LogP contribution in [-0.4, -0.2) is 5.11 Å². The minimum Gasteiger partial charge on any atom is -0.457 e. The number of hydrogen-bond donors (Lipinski definition) is 1. The molecule has 0 heterocycles. The molecule has 2 nitrogen and oxygen atoms in total. The first-order valence-corrected chi connectivity index (χ1v) is 7.04. The third-order valence-electron chi connectivity index (χ3n) is 3.47. The molecule has 2 rings (SSSR count). The van der Waals surface area contributed by atoms with Gasteiger partial charge in [0.05, 0.1) is 6.10 Å². The Balaban J connectivity index is 2.23. The van der Waals surface area contributed by atoms with Gasteiger partial charge in [0, 0.05) is 0 Å². The van der Waals surface area contributed by atoms with E-state index in [4.69, 9.17) is 4.74 Å². The lowest BCUT2D eigenvalue weighted by Gasteiger charge is -2.13. The molecule has 0 bridgehead atoms. The van der Waals surface area contributed by atoms with Crippen LogP contribution in [-0.2, 0) is 0 Å². The third-order valence-corrected chi connectivity index (χ3v) is 3.47. The van der Waals surface area contributed by atoms with Crippen molar-refractivity contribution in [3.63, 3.8) is 0 Å². The van der Waals surface area contributed by atoms with Gasteiger partial charge in [0.15, 0.2) is 0 Å². The van der Waals surface area contributed by atoms with Gasteiger partial charge in [0.25, 0.3) is 0 Å². The molecule has 0 aliphatic rings. The molecule has 2 aromatic carbocycles. The predicted octanol–water partition coefficient (Wildman–Crippen LogP) is 4.96. The molecule has 0 radical (unpaired) electrons. The molecule has 2 heteroatoms. The van der Waals surface area contributed by atoms with Crippen LogP contribution in [0.1, 0.15) is 49.5 Å². The van der Waals surface area contributed by atoms with Crippen molar-refractivity contribution in [1.29, 1.82) is 0 Å². The highest BCUT2D eigenvalue weighted by molar-refractivity contribution is 5.41. The van der Waals surface area contributed by atoms with E-state index in [1.807, 2.05) is 31.2 Å². The van der Waals surface area contributed by atoms with Gasteiger partial charge >= 0.3 is 0 Å². The average Bonchev–Trinajstić information content (AvgIpc) is 2.41. The zero-order chi connectivity index (χ0) is 14.7. The van der Waals surface area contributed by atoms with Crippen LogP contribution in [0.4, 0.5) is 0 Å². The first-order chi connectivity index (χ1) is 9.47. The summed E-state index contributed by atoms with van der Waals surface area (Å²) in [5.74, 6) is 2.16. The van der Waals surface area contributed by atoms with Crippen molar-refractivity contribution in [3.05, 3.63) is 59.2 Å². The number of aliphatic hydroxyl groups excluding tert-OH is 1. The van der Waals surface area contributed by atoms with Crippen LogP contribution >= 0.6 is 0 Å². The standard InChI is InChI=1S/C18H22O2/c1-12(2)16-6-5-13(3)18(11-16)20-17-9-7-15(8-10-17)14(4)19/h5-12,14,19H,1-4H3/t14-/m1/s1. The number of benzene rings is 2. The second-order valence-electron chi connectivity index (χ2n) is 5.53. The number of aliphatic hydroxyl groups is 1. The summed E-state index contributed by atoms with van der Waals surface area (Å²) in [5.41, 5.74) is 3.28. The van der Waals surface area contributed by atoms with Crippen molar-refractivity contribution in [2.75, 3.05) is 0 Å². The van der Waals surface area contributed by atoms with Crippen LogP contribution in [0, 0.1) is 6.92 Å². The highest BCUT2D eigenvalue weighted by Crippen LogP contribution is 2.29. The average molecular weight is 270 g/mol. The zero-order valence-electron chi connectivity index (χ0n) is 12.6. The van der Waals surface area contributed by atoms with Gasteiger partial charge in [-0.25, -0.2) is 0 Å². The maximum Gasteiger partial charge on any atom is 0.130 e. The van der Waals surface area contributed by atoms with Gasteiger partial charge in [-0.3, -0.25) is 0 Å². The summed E-state index contributed by atoms with van der Waals surface area (Å²) in [6.45, 7) is 8.15. The highest BCUT2D eigenvalue weighted by Gasteiger charge is 2.07. The summed E-state index contributed by atoms with van der Waals surface area (Å²) in [7, 11) is 0. The second kappa shape index (κ2) is 6.10. The van der Waals surface area contributed by atoms with Crippen molar-refractivity contribution in [1.82, 2.24) is 0 Å². The largest absolute Gasteiger partial charge is 0.457 e. The van der Waals surface area contributed by atoms with Crippen molar-refractivity contribution < 1.29 is 9.84 Å². The summed E-state index contributed by atoms with van der Waals surface area (Å²) < 4.78 is 5.95. The minimum absolute atomic E-state index is 0.449. The molecule has 0 aliphatic carbocycles. The molecule has 0 aromatic heterocycles. The Kier molecular flexibility index (Phi) is 4.46. The number of hydrogen-bond acceptors (Lipinski definition) is 2. The minimum atomic E-state index is -0.449. The second-order valence-corrected chi connectivity index (χ2v) is 5.53. The van der Waals surface area contributed by atoms with E-state index in [2.05, 4.69) is 32.0 Å². The third kappa shape index (κ3) is 3.40. The van der Waals surface area contributed by atoms with Crippen LogP contribution in [0.15, 0.2) is 42.5 Å². The van der Waals surface area contributed by atoms with Gasteiger partial charge in [0.1, 0.15) is 11.5 Å². The predicted molar refractivity (Wildman–Crippen MR) is 82.4 cm³/mol. The maximum absolute atomic E-state index is 9.51. The number of aryl methyl sites for hydroxylation is 1. The topological polar surface area (TPSA) is 29.5 Å². The Bertz CT molecular complexity index is 568. The lowest BCUT2D eigenvalue weighted by molar-refractivity contribution is 0.199. The summed E-state index contributed by atoms with van der Waals surface area (Å²) in [6.07, 6.45) is -0.449. The Morgan fingerprint density at radius 2 is 1.50 bits per heavy atom. The van der Waals surface area contributed by atoms with E-state index in [-0.39, 0.29) is 0 Å². The summed E-state index contributed by atoms with van der Waals surface area (Å²) in [4.78, 5) is 0.